The molecule has 4 aliphatic rings. The van der Waals surface area contributed by atoms with E-state index in [9.17, 15) is 15.3 Å². The van der Waals surface area contributed by atoms with Crippen LogP contribution in [0.2, 0.25) is 0 Å². The maximum atomic E-state index is 9.94. The van der Waals surface area contributed by atoms with Crippen LogP contribution in [0.4, 0.5) is 0 Å². The average molecular weight is 285 g/mol. The SMILES string of the molecule is OC[C@@H](O)[C@H](O)[C@H](O)CNC12CC3CC(CC(C3)C1)C2. The monoisotopic (exact) mass is 285 g/mol. The van der Waals surface area contributed by atoms with Crippen LogP contribution in [0.1, 0.15) is 38.5 Å². The summed E-state index contributed by atoms with van der Waals surface area (Å²) < 4.78 is 0. The lowest BCUT2D eigenvalue weighted by atomic mass is 9.53. The van der Waals surface area contributed by atoms with Gasteiger partial charge in [-0.3, -0.25) is 0 Å². The lowest BCUT2D eigenvalue weighted by molar-refractivity contribution is -0.0829. The quantitative estimate of drug-likeness (QED) is 0.459. The van der Waals surface area contributed by atoms with Crippen LogP contribution >= 0.6 is 0 Å². The Morgan fingerprint density at radius 1 is 0.900 bits per heavy atom. The maximum Gasteiger partial charge on any atom is 0.109 e. The Morgan fingerprint density at radius 2 is 1.40 bits per heavy atom. The maximum absolute atomic E-state index is 9.94. The largest absolute Gasteiger partial charge is 0.394 e. The number of nitrogens with one attached hydrogen (secondary N) is 1. The molecule has 0 aliphatic heterocycles. The highest BCUT2D eigenvalue weighted by Crippen LogP contribution is 2.55. The summed E-state index contributed by atoms with van der Waals surface area (Å²) in [5.41, 5.74) is 0.139. The molecule has 20 heavy (non-hydrogen) atoms. The van der Waals surface area contributed by atoms with Crippen LogP contribution in [0.15, 0.2) is 0 Å². The topological polar surface area (TPSA) is 93.0 Å². The van der Waals surface area contributed by atoms with Gasteiger partial charge in [0.2, 0.25) is 0 Å². The van der Waals surface area contributed by atoms with Crippen molar-refractivity contribution < 1.29 is 20.4 Å². The van der Waals surface area contributed by atoms with E-state index in [4.69, 9.17) is 5.11 Å². The third-order valence-electron chi connectivity index (χ3n) is 5.70. The van der Waals surface area contributed by atoms with Gasteiger partial charge in [0.1, 0.15) is 12.2 Å². The number of aliphatic hydroxyl groups excluding tert-OH is 4. The van der Waals surface area contributed by atoms with E-state index < -0.39 is 24.9 Å². The molecule has 0 unspecified atom stereocenters. The summed E-state index contributed by atoms with van der Waals surface area (Å²) in [4.78, 5) is 0. The Labute approximate surface area is 120 Å². The molecule has 4 saturated carbocycles. The molecule has 0 saturated heterocycles. The van der Waals surface area contributed by atoms with Gasteiger partial charge < -0.3 is 25.7 Å². The molecule has 0 spiro atoms. The minimum Gasteiger partial charge on any atom is -0.394 e. The first-order valence-corrected chi connectivity index (χ1v) is 7.91. The fourth-order valence-corrected chi connectivity index (χ4v) is 5.13. The second-order valence-corrected chi connectivity index (χ2v) is 7.39. The van der Waals surface area contributed by atoms with Crippen molar-refractivity contribution in [3.63, 3.8) is 0 Å². The predicted octanol–water partition coefficient (Wildman–Crippen LogP) is -0.380. The molecule has 4 bridgehead atoms. The van der Waals surface area contributed by atoms with E-state index >= 15 is 0 Å². The standard InChI is InChI=1S/C15H27NO4/c17-8-13(19)14(20)12(18)7-16-15-4-9-1-10(5-15)3-11(2-9)6-15/h9-14,16-20H,1-8H2/t9?,10?,11?,12-,13-,14-,15?/m1/s1. The lowest BCUT2D eigenvalue weighted by Gasteiger charge is -2.57. The molecule has 4 fully saturated rings. The van der Waals surface area contributed by atoms with E-state index in [1.165, 1.54) is 38.5 Å². The van der Waals surface area contributed by atoms with Gasteiger partial charge in [0.25, 0.3) is 0 Å². The first-order valence-electron chi connectivity index (χ1n) is 7.91. The average Bonchev–Trinajstić information content (AvgIpc) is 2.41. The molecule has 0 aromatic rings. The Bertz CT molecular complexity index is 313. The molecular formula is C15H27NO4. The fourth-order valence-electron chi connectivity index (χ4n) is 5.13. The van der Waals surface area contributed by atoms with Gasteiger partial charge in [-0.25, -0.2) is 0 Å². The second-order valence-electron chi connectivity index (χ2n) is 7.39. The van der Waals surface area contributed by atoms with E-state index in [-0.39, 0.29) is 12.1 Å². The van der Waals surface area contributed by atoms with Crippen molar-refractivity contribution in [3.05, 3.63) is 0 Å². The Kier molecular flexibility index (Phi) is 4.08. The van der Waals surface area contributed by atoms with Gasteiger partial charge in [0.05, 0.1) is 12.7 Å². The van der Waals surface area contributed by atoms with Gasteiger partial charge in [0, 0.05) is 12.1 Å². The van der Waals surface area contributed by atoms with Crippen LogP contribution in [-0.4, -0.2) is 57.4 Å². The van der Waals surface area contributed by atoms with Gasteiger partial charge in [-0.1, -0.05) is 0 Å². The van der Waals surface area contributed by atoms with Crippen LogP contribution in [0, 0.1) is 17.8 Å². The van der Waals surface area contributed by atoms with E-state index in [1.54, 1.807) is 0 Å². The van der Waals surface area contributed by atoms with E-state index in [2.05, 4.69) is 5.32 Å². The van der Waals surface area contributed by atoms with E-state index in [0.717, 1.165) is 17.8 Å². The minimum atomic E-state index is -1.29. The number of rotatable bonds is 6. The molecule has 4 rings (SSSR count). The predicted molar refractivity (Wildman–Crippen MR) is 74.0 cm³/mol. The van der Waals surface area contributed by atoms with Crippen molar-refractivity contribution in [1.29, 1.82) is 0 Å². The molecule has 0 heterocycles. The highest BCUT2D eigenvalue weighted by molar-refractivity contribution is 5.06. The van der Waals surface area contributed by atoms with Crippen LogP contribution in [0.3, 0.4) is 0 Å². The summed E-state index contributed by atoms with van der Waals surface area (Å²) in [6.45, 7) is -0.250. The van der Waals surface area contributed by atoms with Crippen molar-refractivity contribution in [2.75, 3.05) is 13.2 Å². The molecule has 0 aromatic carbocycles. The van der Waals surface area contributed by atoms with Crippen LogP contribution in [0.5, 0.6) is 0 Å². The molecule has 5 nitrogen and oxygen atoms in total. The Morgan fingerprint density at radius 3 is 1.85 bits per heavy atom. The zero-order valence-corrected chi connectivity index (χ0v) is 11.9. The summed E-state index contributed by atoms with van der Waals surface area (Å²) in [6.07, 6.45) is 4.06. The zero-order chi connectivity index (χ0) is 14.3. The van der Waals surface area contributed by atoms with Crippen LogP contribution < -0.4 is 5.32 Å². The molecule has 0 radical (unpaired) electrons. The van der Waals surface area contributed by atoms with Gasteiger partial charge in [-0.05, 0) is 56.3 Å². The summed E-state index contributed by atoms with van der Waals surface area (Å²) in [6, 6.07) is 0. The smallest absolute Gasteiger partial charge is 0.109 e. The summed E-state index contributed by atoms with van der Waals surface area (Å²) in [5, 5.41) is 41.3. The van der Waals surface area contributed by atoms with E-state index in [1.807, 2.05) is 0 Å². The van der Waals surface area contributed by atoms with Gasteiger partial charge >= 0.3 is 0 Å². The molecule has 3 atom stereocenters. The first kappa shape index (κ1) is 14.7. The molecule has 0 amide bonds. The van der Waals surface area contributed by atoms with E-state index in [0.29, 0.717) is 0 Å². The van der Waals surface area contributed by atoms with Crippen molar-refractivity contribution in [1.82, 2.24) is 5.32 Å². The molecule has 116 valence electrons. The molecule has 5 heteroatoms. The van der Waals surface area contributed by atoms with Crippen molar-refractivity contribution in [2.45, 2.75) is 62.4 Å². The number of hydrogen-bond donors (Lipinski definition) is 5. The molecule has 0 aromatic heterocycles. The zero-order valence-electron chi connectivity index (χ0n) is 11.9. The minimum absolute atomic E-state index is 0.139. The number of hydrogen-bond acceptors (Lipinski definition) is 5. The third kappa shape index (κ3) is 2.74. The van der Waals surface area contributed by atoms with Crippen LogP contribution in [-0.2, 0) is 0 Å². The number of aliphatic hydroxyl groups is 4. The van der Waals surface area contributed by atoms with Crippen molar-refractivity contribution >= 4 is 0 Å². The fraction of sp³-hybridized carbons (Fsp3) is 1.00. The highest BCUT2D eigenvalue weighted by atomic mass is 16.4. The van der Waals surface area contributed by atoms with Gasteiger partial charge in [-0.2, -0.15) is 0 Å². The highest BCUT2D eigenvalue weighted by Gasteiger charge is 2.50. The Hall–Kier alpha value is -0.200. The normalized spacial score (nSPS) is 43.5. The molecule has 4 aliphatic carbocycles. The first-order chi connectivity index (χ1) is 9.51. The van der Waals surface area contributed by atoms with Crippen molar-refractivity contribution in [3.8, 4) is 0 Å². The van der Waals surface area contributed by atoms with Crippen LogP contribution in [0.25, 0.3) is 0 Å². The van der Waals surface area contributed by atoms with Crippen molar-refractivity contribution in [2.24, 2.45) is 17.8 Å². The summed E-state index contributed by atoms with van der Waals surface area (Å²) in [5.74, 6) is 2.50. The summed E-state index contributed by atoms with van der Waals surface area (Å²) in [7, 11) is 0. The van der Waals surface area contributed by atoms with Gasteiger partial charge in [-0.15, -0.1) is 0 Å². The molecular weight excluding hydrogens is 258 g/mol. The third-order valence-corrected chi connectivity index (χ3v) is 5.70. The number of β-amino-alcohol motifs (C(OH)–C–C–N with tert-alkyl or cyclic N) is 1. The summed E-state index contributed by atoms with van der Waals surface area (Å²) >= 11 is 0. The Balaban J connectivity index is 1.55. The van der Waals surface area contributed by atoms with Gasteiger partial charge in [0.15, 0.2) is 0 Å². The lowest BCUT2D eigenvalue weighted by Crippen LogP contribution is -2.60. The second kappa shape index (κ2) is 5.54. The molecule has 5 N–H and O–H groups in total.